The Morgan fingerprint density at radius 1 is 0.457 bits per heavy atom. The molecule has 0 fully saturated rings. The van der Waals surface area contributed by atoms with Crippen LogP contribution in [0.4, 0.5) is 0 Å². The summed E-state index contributed by atoms with van der Waals surface area (Å²) in [5.41, 5.74) is 5.73. The first kappa shape index (κ1) is 25.5. The molecule has 0 aliphatic heterocycles. The maximum absolute atomic E-state index is 5.46. The molecule has 0 spiro atoms. The third kappa shape index (κ3) is 3.65. The van der Waals surface area contributed by atoms with E-state index in [0.717, 1.165) is 38.5 Å². The van der Waals surface area contributed by atoms with Crippen molar-refractivity contribution < 1.29 is 0 Å². The van der Waals surface area contributed by atoms with Crippen LogP contribution in [0.1, 0.15) is 0 Å². The lowest BCUT2D eigenvalue weighted by atomic mass is 9.92. The second kappa shape index (κ2) is 9.83. The molecule has 0 unspecified atom stereocenters. The van der Waals surface area contributed by atoms with Crippen LogP contribution >= 0.6 is 11.3 Å². The molecule has 0 amide bonds. The summed E-state index contributed by atoms with van der Waals surface area (Å²) in [6.07, 6.45) is 0. The fraction of sp³-hybridized carbons (Fsp3) is 0. The Morgan fingerprint density at radius 2 is 1.11 bits per heavy atom. The van der Waals surface area contributed by atoms with E-state index in [0.29, 0.717) is 0 Å². The van der Waals surface area contributed by atoms with Crippen LogP contribution in [-0.4, -0.2) is 14.5 Å². The van der Waals surface area contributed by atoms with Gasteiger partial charge in [0.25, 0.3) is 0 Å². The molecule has 46 heavy (non-hydrogen) atoms. The number of nitrogens with zero attached hydrogens (tertiary/aromatic N) is 3. The standard InChI is InChI=1S/C42H25N3S/c1-3-14-27(15-4-1)36-31-20-10-8-18-29(31)25-34-39(36)37-30-19-9-7-13-26(30)23-24-33(37)45(34)41-38-32-21-11-12-22-35(32)46-42(38)44-40(43-41)28-16-5-2-6-17-28/h1-25H. The minimum atomic E-state index is 0.731. The molecule has 3 nitrogen and oxygen atoms in total. The molecule has 0 saturated carbocycles. The highest BCUT2D eigenvalue weighted by Gasteiger charge is 2.24. The normalized spacial score (nSPS) is 11.9. The maximum atomic E-state index is 5.46. The zero-order chi connectivity index (χ0) is 30.2. The molecule has 10 rings (SSSR count). The minimum Gasteiger partial charge on any atom is -0.293 e. The van der Waals surface area contributed by atoms with E-state index in [2.05, 4.69) is 150 Å². The lowest BCUT2D eigenvalue weighted by Gasteiger charge is -2.13. The average Bonchev–Trinajstić information content (AvgIpc) is 3.67. The summed E-state index contributed by atoms with van der Waals surface area (Å²) < 4.78 is 3.62. The summed E-state index contributed by atoms with van der Waals surface area (Å²) in [6.45, 7) is 0. The number of rotatable bonds is 3. The van der Waals surface area contributed by atoms with Gasteiger partial charge in [-0.25, -0.2) is 9.97 Å². The van der Waals surface area contributed by atoms with Crippen molar-refractivity contribution in [2.45, 2.75) is 0 Å². The van der Waals surface area contributed by atoms with Crippen molar-refractivity contribution in [1.82, 2.24) is 14.5 Å². The lowest BCUT2D eigenvalue weighted by Crippen LogP contribution is -2.02. The number of hydrogen-bond acceptors (Lipinski definition) is 3. The summed E-state index contributed by atoms with van der Waals surface area (Å²) >= 11 is 1.73. The Hall–Kier alpha value is -5.84. The van der Waals surface area contributed by atoms with Gasteiger partial charge in [-0.2, -0.15) is 0 Å². The molecular formula is C42H25N3S. The van der Waals surface area contributed by atoms with Crippen LogP contribution < -0.4 is 0 Å². The number of hydrogen-bond donors (Lipinski definition) is 0. The van der Waals surface area contributed by atoms with Crippen molar-refractivity contribution in [3.05, 3.63) is 152 Å². The van der Waals surface area contributed by atoms with Crippen LogP contribution in [0.15, 0.2) is 152 Å². The van der Waals surface area contributed by atoms with Gasteiger partial charge in [-0.05, 0) is 50.9 Å². The monoisotopic (exact) mass is 603 g/mol. The highest BCUT2D eigenvalue weighted by Crippen LogP contribution is 2.47. The van der Waals surface area contributed by atoms with Gasteiger partial charge >= 0.3 is 0 Å². The first-order valence-corrected chi connectivity index (χ1v) is 16.3. The quantitative estimate of drug-likeness (QED) is 0.201. The second-order valence-corrected chi connectivity index (χ2v) is 12.8. The summed E-state index contributed by atoms with van der Waals surface area (Å²) in [4.78, 5) is 11.6. The smallest absolute Gasteiger partial charge is 0.163 e. The number of aromatic nitrogens is 3. The second-order valence-electron chi connectivity index (χ2n) is 11.8. The number of fused-ring (bicyclic) bond motifs is 9. The van der Waals surface area contributed by atoms with E-state index in [9.17, 15) is 0 Å². The van der Waals surface area contributed by atoms with Crippen LogP contribution in [0.25, 0.3) is 92.0 Å². The van der Waals surface area contributed by atoms with Crippen LogP contribution in [0, 0.1) is 0 Å². The van der Waals surface area contributed by atoms with Crippen LogP contribution in [0.3, 0.4) is 0 Å². The predicted molar refractivity (Wildman–Crippen MR) is 195 cm³/mol. The average molecular weight is 604 g/mol. The Labute approximate surface area is 268 Å². The van der Waals surface area contributed by atoms with Gasteiger partial charge in [0.05, 0.1) is 16.4 Å². The summed E-state index contributed by atoms with van der Waals surface area (Å²) in [5, 5.41) is 9.64. The van der Waals surface area contributed by atoms with Gasteiger partial charge in [-0.3, -0.25) is 4.57 Å². The molecule has 214 valence electrons. The van der Waals surface area contributed by atoms with Crippen molar-refractivity contribution in [1.29, 1.82) is 0 Å². The molecule has 0 saturated heterocycles. The van der Waals surface area contributed by atoms with E-state index in [1.807, 2.05) is 6.07 Å². The number of benzene rings is 7. The molecule has 0 radical (unpaired) electrons. The third-order valence-corrected chi connectivity index (χ3v) is 10.3. The Morgan fingerprint density at radius 3 is 1.91 bits per heavy atom. The van der Waals surface area contributed by atoms with Gasteiger partial charge in [0, 0.05) is 26.4 Å². The highest BCUT2D eigenvalue weighted by atomic mass is 32.1. The molecule has 0 N–H and O–H groups in total. The molecule has 4 heteroatoms. The van der Waals surface area contributed by atoms with Crippen molar-refractivity contribution in [2.75, 3.05) is 0 Å². The van der Waals surface area contributed by atoms with E-state index in [1.54, 1.807) is 11.3 Å². The first-order valence-electron chi connectivity index (χ1n) is 15.5. The van der Waals surface area contributed by atoms with E-state index in [1.165, 1.54) is 53.5 Å². The molecule has 3 aromatic heterocycles. The van der Waals surface area contributed by atoms with Crippen molar-refractivity contribution >= 4 is 75.0 Å². The number of thiophene rings is 1. The molecule has 0 bridgehead atoms. The zero-order valence-corrected chi connectivity index (χ0v) is 25.5. The lowest BCUT2D eigenvalue weighted by molar-refractivity contribution is 1.08. The fourth-order valence-electron chi connectivity index (χ4n) is 7.22. The van der Waals surface area contributed by atoms with Crippen LogP contribution in [0.5, 0.6) is 0 Å². The molecule has 7 aromatic carbocycles. The van der Waals surface area contributed by atoms with Crippen molar-refractivity contribution in [3.8, 4) is 28.3 Å². The van der Waals surface area contributed by atoms with E-state index in [4.69, 9.17) is 9.97 Å². The summed E-state index contributed by atoms with van der Waals surface area (Å²) in [6, 6.07) is 54.2. The third-order valence-electron chi connectivity index (χ3n) is 9.19. The SMILES string of the molecule is c1ccc(-c2nc(-n3c4cc5ccccc5c(-c5ccccc5)c4c4c5ccccc5ccc43)c3c(n2)sc2ccccc23)cc1. The molecule has 0 aliphatic carbocycles. The van der Waals surface area contributed by atoms with Crippen molar-refractivity contribution in [3.63, 3.8) is 0 Å². The van der Waals surface area contributed by atoms with Gasteiger partial charge in [-0.1, -0.05) is 133 Å². The highest BCUT2D eigenvalue weighted by molar-refractivity contribution is 7.25. The zero-order valence-electron chi connectivity index (χ0n) is 24.7. The fourth-order valence-corrected chi connectivity index (χ4v) is 8.29. The maximum Gasteiger partial charge on any atom is 0.163 e. The Bertz CT molecular complexity index is 2790. The Balaban J connectivity index is 1.48. The van der Waals surface area contributed by atoms with E-state index < -0.39 is 0 Å². The van der Waals surface area contributed by atoms with Crippen LogP contribution in [-0.2, 0) is 0 Å². The van der Waals surface area contributed by atoms with Gasteiger partial charge in [0.15, 0.2) is 11.6 Å². The van der Waals surface area contributed by atoms with Crippen molar-refractivity contribution in [2.24, 2.45) is 0 Å². The molecule has 10 aromatic rings. The molecule has 0 atom stereocenters. The van der Waals surface area contributed by atoms with Gasteiger partial charge in [0.2, 0.25) is 0 Å². The summed E-state index contributed by atoms with van der Waals surface area (Å²) in [7, 11) is 0. The largest absolute Gasteiger partial charge is 0.293 e. The van der Waals surface area contributed by atoms with E-state index >= 15 is 0 Å². The molecular weight excluding hydrogens is 579 g/mol. The topological polar surface area (TPSA) is 30.7 Å². The summed E-state index contributed by atoms with van der Waals surface area (Å²) in [5.74, 6) is 1.64. The Kier molecular flexibility index (Phi) is 5.45. The predicted octanol–water partition coefficient (Wildman–Crippen LogP) is 11.6. The molecule has 0 aliphatic rings. The first-order chi connectivity index (χ1) is 22.8. The van der Waals surface area contributed by atoms with Gasteiger partial charge < -0.3 is 0 Å². The van der Waals surface area contributed by atoms with E-state index in [-0.39, 0.29) is 0 Å². The van der Waals surface area contributed by atoms with Gasteiger partial charge in [0.1, 0.15) is 4.83 Å². The molecule has 3 heterocycles. The van der Waals surface area contributed by atoms with Crippen LogP contribution in [0.2, 0.25) is 0 Å². The minimum absolute atomic E-state index is 0.731. The van der Waals surface area contributed by atoms with Gasteiger partial charge in [-0.15, -0.1) is 11.3 Å².